The summed E-state index contributed by atoms with van der Waals surface area (Å²) in [5, 5.41) is 4.17. The smallest absolute Gasteiger partial charge is 0.165 e. The van der Waals surface area contributed by atoms with E-state index in [0.29, 0.717) is 17.1 Å². The van der Waals surface area contributed by atoms with Crippen LogP contribution in [0.15, 0.2) is 30.6 Å². The Labute approximate surface area is 110 Å². The number of nitrogens with zero attached hydrogens (tertiary/aromatic N) is 2. The van der Waals surface area contributed by atoms with Crippen LogP contribution in [0.25, 0.3) is 0 Å². The fraction of sp³-hybridized carbons (Fsp3) is 0.308. The van der Waals surface area contributed by atoms with E-state index in [2.05, 4.69) is 5.10 Å². The van der Waals surface area contributed by atoms with Gasteiger partial charge < -0.3 is 4.74 Å². The van der Waals surface area contributed by atoms with Gasteiger partial charge in [-0.15, -0.1) is 11.6 Å². The topological polar surface area (TPSA) is 27.1 Å². The molecule has 0 aliphatic heterocycles. The van der Waals surface area contributed by atoms with Crippen LogP contribution in [0.2, 0.25) is 0 Å². The van der Waals surface area contributed by atoms with E-state index < -0.39 is 0 Å². The van der Waals surface area contributed by atoms with Gasteiger partial charge in [0.2, 0.25) is 0 Å². The van der Waals surface area contributed by atoms with Crippen LogP contribution >= 0.6 is 11.6 Å². The molecule has 5 heteroatoms. The summed E-state index contributed by atoms with van der Waals surface area (Å²) < 4.78 is 20.5. The first-order chi connectivity index (χ1) is 8.60. The molecule has 0 N–H and O–H groups in total. The minimum absolute atomic E-state index is 0.200. The molecule has 18 heavy (non-hydrogen) atoms. The Morgan fingerprint density at radius 1 is 1.44 bits per heavy atom. The summed E-state index contributed by atoms with van der Waals surface area (Å²) in [6.45, 7) is 4.05. The molecule has 2 aromatic rings. The quantitative estimate of drug-likeness (QED) is 0.780. The third-order valence-electron chi connectivity index (χ3n) is 2.50. The number of alkyl halides is 1. The lowest BCUT2D eigenvalue weighted by Crippen LogP contribution is -1.99. The van der Waals surface area contributed by atoms with Crippen LogP contribution in [0.1, 0.15) is 25.5 Å². The van der Waals surface area contributed by atoms with Crippen molar-refractivity contribution < 1.29 is 9.13 Å². The molecule has 0 spiro atoms. The van der Waals surface area contributed by atoms with Crippen molar-refractivity contribution in [1.29, 1.82) is 0 Å². The molecule has 0 aliphatic rings. The second kappa shape index (κ2) is 5.40. The molecule has 1 aromatic carbocycles. The molecule has 1 heterocycles. The van der Waals surface area contributed by atoms with Gasteiger partial charge in [0.25, 0.3) is 0 Å². The van der Waals surface area contributed by atoms with Crippen molar-refractivity contribution in [2.75, 3.05) is 0 Å². The number of benzene rings is 1. The lowest BCUT2D eigenvalue weighted by atomic mass is 10.2. The molecular formula is C13H14ClFN2O. The molecule has 0 saturated carbocycles. The highest BCUT2D eigenvalue weighted by atomic mass is 35.5. The van der Waals surface area contributed by atoms with Gasteiger partial charge in [-0.1, -0.05) is 0 Å². The average Bonchev–Trinajstić information content (AvgIpc) is 2.80. The highest BCUT2D eigenvalue weighted by Gasteiger charge is 2.08. The third kappa shape index (κ3) is 2.82. The van der Waals surface area contributed by atoms with Crippen molar-refractivity contribution in [2.45, 2.75) is 25.8 Å². The predicted octanol–water partition coefficient (Wildman–Crippen LogP) is 4.13. The molecule has 3 nitrogen and oxygen atoms in total. The van der Waals surface area contributed by atoms with Crippen molar-refractivity contribution in [3.05, 3.63) is 42.0 Å². The number of halogens is 2. The second-order valence-electron chi connectivity index (χ2n) is 4.24. The minimum atomic E-state index is -0.323. The van der Waals surface area contributed by atoms with Crippen LogP contribution in [0, 0.1) is 5.82 Å². The summed E-state index contributed by atoms with van der Waals surface area (Å²) in [4.78, 5) is 0. The van der Waals surface area contributed by atoms with Gasteiger partial charge in [0, 0.05) is 11.6 Å². The second-order valence-corrected chi connectivity index (χ2v) is 4.50. The van der Waals surface area contributed by atoms with Gasteiger partial charge in [0.1, 0.15) is 11.6 Å². The first kappa shape index (κ1) is 12.9. The van der Waals surface area contributed by atoms with Gasteiger partial charge in [0.15, 0.2) is 5.75 Å². The molecule has 0 aliphatic carbocycles. The van der Waals surface area contributed by atoms with Crippen molar-refractivity contribution in [2.24, 2.45) is 0 Å². The van der Waals surface area contributed by atoms with Crippen LogP contribution in [0.5, 0.6) is 11.5 Å². The Morgan fingerprint density at radius 3 is 2.83 bits per heavy atom. The van der Waals surface area contributed by atoms with Crippen molar-refractivity contribution in [1.82, 2.24) is 9.78 Å². The normalized spacial score (nSPS) is 10.9. The molecule has 0 fully saturated rings. The number of ether oxygens (including phenoxy) is 1. The van der Waals surface area contributed by atoms with E-state index in [9.17, 15) is 4.39 Å². The fourth-order valence-electron chi connectivity index (χ4n) is 1.53. The van der Waals surface area contributed by atoms with E-state index in [0.717, 1.165) is 0 Å². The maximum Gasteiger partial charge on any atom is 0.165 e. The van der Waals surface area contributed by atoms with Gasteiger partial charge in [-0.25, -0.2) is 4.39 Å². The Morgan fingerprint density at radius 2 is 2.22 bits per heavy atom. The van der Waals surface area contributed by atoms with Crippen molar-refractivity contribution in [3.8, 4) is 11.5 Å². The molecular weight excluding hydrogens is 255 g/mol. The van der Waals surface area contributed by atoms with Crippen LogP contribution in [-0.4, -0.2) is 9.78 Å². The summed E-state index contributed by atoms with van der Waals surface area (Å²) in [5.74, 6) is 1.04. The molecule has 2 rings (SSSR count). The van der Waals surface area contributed by atoms with E-state index in [4.69, 9.17) is 16.3 Å². The zero-order valence-electron chi connectivity index (χ0n) is 10.2. The number of hydrogen-bond acceptors (Lipinski definition) is 2. The van der Waals surface area contributed by atoms with Crippen molar-refractivity contribution >= 4 is 11.6 Å². The maximum atomic E-state index is 13.1. The first-order valence-corrected chi connectivity index (χ1v) is 6.20. The van der Waals surface area contributed by atoms with Gasteiger partial charge in [-0.2, -0.15) is 5.10 Å². The zero-order valence-corrected chi connectivity index (χ0v) is 11.0. The van der Waals surface area contributed by atoms with Gasteiger partial charge in [-0.3, -0.25) is 4.68 Å². The Balaban J connectivity index is 2.22. The molecule has 0 amide bonds. The largest absolute Gasteiger partial charge is 0.454 e. The first-order valence-electron chi connectivity index (χ1n) is 5.66. The van der Waals surface area contributed by atoms with E-state index in [1.807, 2.05) is 13.8 Å². The molecule has 0 atom stereocenters. The number of aromatic nitrogens is 2. The van der Waals surface area contributed by atoms with Gasteiger partial charge >= 0.3 is 0 Å². The lowest BCUT2D eigenvalue weighted by Gasteiger charge is -2.08. The summed E-state index contributed by atoms with van der Waals surface area (Å²) >= 11 is 5.76. The fourth-order valence-corrected chi connectivity index (χ4v) is 1.74. The maximum absolute atomic E-state index is 13.1. The monoisotopic (exact) mass is 268 g/mol. The van der Waals surface area contributed by atoms with Crippen LogP contribution in [-0.2, 0) is 5.88 Å². The number of rotatable bonds is 4. The van der Waals surface area contributed by atoms with Gasteiger partial charge in [-0.05, 0) is 32.0 Å². The SMILES string of the molecule is CC(C)n1cc(Oc2ccc(F)cc2CCl)cn1. The number of hydrogen-bond donors (Lipinski definition) is 0. The zero-order chi connectivity index (χ0) is 13.1. The van der Waals surface area contributed by atoms with Crippen molar-refractivity contribution in [3.63, 3.8) is 0 Å². The molecule has 0 bridgehead atoms. The Bertz CT molecular complexity index is 540. The lowest BCUT2D eigenvalue weighted by molar-refractivity contribution is 0.471. The van der Waals surface area contributed by atoms with Crippen LogP contribution in [0.4, 0.5) is 4.39 Å². The summed E-state index contributed by atoms with van der Waals surface area (Å²) in [7, 11) is 0. The molecule has 0 radical (unpaired) electrons. The minimum Gasteiger partial charge on any atom is -0.454 e. The highest BCUT2D eigenvalue weighted by Crippen LogP contribution is 2.27. The standard InChI is InChI=1S/C13H14ClFN2O/c1-9(2)17-8-12(7-16-17)18-13-4-3-11(15)5-10(13)6-14/h3-5,7-9H,6H2,1-2H3. The molecule has 1 aromatic heterocycles. The molecule has 96 valence electrons. The van der Waals surface area contributed by atoms with Gasteiger partial charge in [0.05, 0.1) is 18.3 Å². The average molecular weight is 269 g/mol. The molecule has 0 saturated heterocycles. The summed E-state index contributed by atoms with van der Waals surface area (Å²) in [5.41, 5.74) is 0.619. The predicted molar refractivity (Wildman–Crippen MR) is 68.6 cm³/mol. The van der Waals surface area contributed by atoms with E-state index in [1.165, 1.54) is 12.1 Å². The van der Waals surface area contributed by atoms with E-state index in [-0.39, 0.29) is 17.7 Å². The summed E-state index contributed by atoms with van der Waals surface area (Å²) in [6.07, 6.45) is 3.42. The van der Waals surface area contributed by atoms with Crippen LogP contribution in [0.3, 0.4) is 0 Å². The third-order valence-corrected chi connectivity index (χ3v) is 2.79. The van der Waals surface area contributed by atoms with E-state index in [1.54, 1.807) is 23.1 Å². The summed E-state index contributed by atoms with van der Waals surface area (Å²) in [6, 6.07) is 4.55. The Kier molecular flexibility index (Phi) is 3.87. The molecule has 0 unspecified atom stereocenters. The van der Waals surface area contributed by atoms with E-state index >= 15 is 0 Å². The van der Waals surface area contributed by atoms with Crippen LogP contribution < -0.4 is 4.74 Å². The highest BCUT2D eigenvalue weighted by molar-refractivity contribution is 6.17. The Hall–Kier alpha value is -1.55.